The maximum atomic E-state index is 12.3. The molecule has 1 fully saturated rings. The summed E-state index contributed by atoms with van der Waals surface area (Å²) in [5.41, 5.74) is -0.402. The first-order valence-electron chi connectivity index (χ1n) is 7.83. The lowest BCUT2D eigenvalue weighted by Gasteiger charge is -2.33. The predicted molar refractivity (Wildman–Crippen MR) is 79.3 cm³/mol. The molecule has 0 N–H and O–H groups in total. The largest absolute Gasteiger partial charge is 0.444 e. The quantitative estimate of drug-likeness (QED) is 0.701. The van der Waals surface area contributed by atoms with Crippen LogP contribution in [0, 0.1) is 5.92 Å². The van der Waals surface area contributed by atoms with Gasteiger partial charge in [0.2, 0.25) is 0 Å². The highest BCUT2D eigenvalue weighted by Gasteiger charge is 2.29. The van der Waals surface area contributed by atoms with Gasteiger partial charge in [0.1, 0.15) is 5.60 Å². The fourth-order valence-corrected chi connectivity index (χ4v) is 2.76. The van der Waals surface area contributed by atoms with Gasteiger partial charge in [-0.05, 0) is 52.4 Å². The summed E-state index contributed by atoms with van der Waals surface area (Å²) in [6, 6.07) is 0.375. The molecule has 2 atom stereocenters. The Morgan fingerprint density at radius 2 is 1.89 bits per heavy atom. The number of rotatable bonds is 3. The summed E-state index contributed by atoms with van der Waals surface area (Å²) in [5.74, 6) is 0.798. The van der Waals surface area contributed by atoms with E-state index in [1.165, 1.54) is 19.3 Å². The summed E-state index contributed by atoms with van der Waals surface area (Å²) in [6.07, 6.45) is 6.87. The Balaban J connectivity index is 2.67. The fourth-order valence-electron chi connectivity index (χ4n) is 2.76. The van der Waals surface area contributed by atoms with Gasteiger partial charge in [-0.2, -0.15) is 0 Å². The monoisotopic (exact) mass is 269 g/mol. The number of ether oxygens (including phenoxy) is 1. The lowest BCUT2D eigenvalue weighted by atomic mass is 10.0. The second-order valence-corrected chi connectivity index (χ2v) is 6.94. The zero-order valence-corrected chi connectivity index (χ0v) is 13.4. The summed E-state index contributed by atoms with van der Waals surface area (Å²) in [5, 5.41) is 0. The first-order chi connectivity index (χ1) is 8.83. The highest BCUT2D eigenvalue weighted by Crippen LogP contribution is 2.27. The molecule has 112 valence electrons. The number of amides is 1. The topological polar surface area (TPSA) is 29.5 Å². The standard InChI is InChI=1S/C16H31NO2/c1-6-12-17(15(18)19-16(3,4)5)14-9-7-8-13(2)10-11-14/h13-14H,6-12H2,1-5H3/t13-,14?/m1/s1. The van der Waals surface area contributed by atoms with Crippen molar-refractivity contribution in [2.45, 2.75) is 84.8 Å². The molecule has 0 aromatic rings. The van der Waals surface area contributed by atoms with Gasteiger partial charge in [-0.1, -0.05) is 26.7 Å². The van der Waals surface area contributed by atoms with Gasteiger partial charge in [0, 0.05) is 12.6 Å². The minimum Gasteiger partial charge on any atom is -0.444 e. The van der Waals surface area contributed by atoms with Crippen molar-refractivity contribution >= 4 is 6.09 Å². The zero-order valence-electron chi connectivity index (χ0n) is 13.4. The normalized spacial score (nSPS) is 24.7. The molecule has 0 aliphatic heterocycles. The van der Waals surface area contributed by atoms with Gasteiger partial charge in [0.15, 0.2) is 0 Å². The van der Waals surface area contributed by atoms with Gasteiger partial charge < -0.3 is 9.64 Å². The van der Waals surface area contributed by atoms with E-state index in [0.717, 1.165) is 31.7 Å². The molecule has 1 rings (SSSR count). The lowest BCUT2D eigenvalue weighted by Crippen LogP contribution is -2.43. The van der Waals surface area contributed by atoms with Crippen LogP contribution in [0.1, 0.15) is 73.1 Å². The van der Waals surface area contributed by atoms with Crippen LogP contribution in [0.25, 0.3) is 0 Å². The average molecular weight is 269 g/mol. The lowest BCUT2D eigenvalue weighted by molar-refractivity contribution is 0.0144. The van der Waals surface area contributed by atoms with Crippen LogP contribution in [0.5, 0.6) is 0 Å². The molecule has 1 amide bonds. The molecule has 0 aromatic heterocycles. The van der Waals surface area contributed by atoms with E-state index in [1.807, 2.05) is 25.7 Å². The number of hydrogen-bond donors (Lipinski definition) is 0. The van der Waals surface area contributed by atoms with Crippen molar-refractivity contribution in [2.75, 3.05) is 6.54 Å². The third-order valence-electron chi connectivity index (χ3n) is 3.76. The molecule has 0 bridgehead atoms. The molecule has 0 radical (unpaired) electrons. The molecule has 3 nitrogen and oxygen atoms in total. The second-order valence-electron chi connectivity index (χ2n) is 6.94. The van der Waals surface area contributed by atoms with Crippen molar-refractivity contribution < 1.29 is 9.53 Å². The molecule has 0 heterocycles. The molecule has 0 aromatic carbocycles. The van der Waals surface area contributed by atoms with E-state index in [-0.39, 0.29) is 6.09 Å². The first-order valence-corrected chi connectivity index (χ1v) is 7.83. The molecule has 1 aliphatic carbocycles. The zero-order chi connectivity index (χ0) is 14.5. The Morgan fingerprint density at radius 1 is 1.21 bits per heavy atom. The van der Waals surface area contributed by atoms with Crippen LogP contribution in [0.15, 0.2) is 0 Å². The molecule has 3 heteroatoms. The molecule has 1 unspecified atom stereocenters. The summed E-state index contributed by atoms with van der Waals surface area (Å²) in [6.45, 7) is 11.1. The van der Waals surface area contributed by atoms with E-state index in [0.29, 0.717) is 6.04 Å². The van der Waals surface area contributed by atoms with Crippen molar-refractivity contribution in [3.63, 3.8) is 0 Å². The summed E-state index contributed by atoms with van der Waals surface area (Å²) in [7, 11) is 0. The Bertz CT molecular complexity index is 283. The van der Waals surface area contributed by atoms with Crippen molar-refractivity contribution in [3.8, 4) is 0 Å². The van der Waals surface area contributed by atoms with E-state index >= 15 is 0 Å². The van der Waals surface area contributed by atoms with Crippen LogP contribution >= 0.6 is 0 Å². The van der Waals surface area contributed by atoms with Crippen LogP contribution < -0.4 is 0 Å². The van der Waals surface area contributed by atoms with Crippen molar-refractivity contribution in [2.24, 2.45) is 5.92 Å². The Morgan fingerprint density at radius 3 is 2.47 bits per heavy atom. The maximum Gasteiger partial charge on any atom is 0.410 e. The number of hydrogen-bond acceptors (Lipinski definition) is 2. The number of carbonyl (C=O) groups excluding carboxylic acids is 1. The van der Waals surface area contributed by atoms with E-state index in [1.54, 1.807) is 0 Å². The van der Waals surface area contributed by atoms with Crippen LogP contribution in [-0.2, 0) is 4.74 Å². The highest BCUT2D eigenvalue weighted by atomic mass is 16.6. The van der Waals surface area contributed by atoms with E-state index in [9.17, 15) is 4.79 Å². The molecular formula is C16H31NO2. The van der Waals surface area contributed by atoms with E-state index in [4.69, 9.17) is 4.74 Å². The molecule has 0 spiro atoms. The molecule has 19 heavy (non-hydrogen) atoms. The Kier molecular flexibility index (Phi) is 6.15. The minimum atomic E-state index is -0.402. The van der Waals surface area contributed by atoms with Crippen molar-refractivity contribution in [1.29, 1.82) is 0 Å². The number of nitrogens with zero attached hydrogens (tertiary/aromatic N) is 1. The van der Waals surface area contributed by atoms with Gasteiger partial charge in [0.05, 0.1) is 0 Å². The summed E-state index contributed by atoms with van der Waals surface area (Å²) >= 11 is 0. The van der Waals surface area contributed by atoms with Gasteiger partial charge in [0.25, 0.3) is 0 Å². The molecule has 1 aliphatic rings. The van der Waals surface area contributed by atoms with Gasteiger partial charge in [-0.3, -0.25) is 0 Å². The highest BCUT2D eigenvalue weighted by molar-refractivity contribution is 5.68. The minimum absolute atomic E-state index is 0.131. The second kappa shape index (κ2) is 7.16. The SMILES string of the molecule is CCCN(C(=O)OC(C)(C)C)C1CCC[C@@H](C)CC1. The molecule has 1 saturated carbocycles. The third-order valence-corrected chi connectivity index (χ3v) is 3.76. The van der Waals surface area contributed by atoms with Gasteiger partial charge in [-0.15, -0.1) is 0 Å². The molecule has 0 saturated heterocycles. The Hall–Kier alpha value is -0.730. The van der Waals surface area contributed by atoms with Gasteiger partial charge >= 0.3 is 6.09 Å². The van der Waals surface area contributed by atoms with Crippen LogP contribution in [0.3, 0.4) is 0 Å². The van der Waals surface area contributed by atoms with Crippen molar-refractivity contribution in [3.05, 3.63) is 0 Å². The average Bonchev–Trinajstić information content (AvgIpc) is 2.48. The van der Waals surface area contributed by atoms with Crippen LogP contribution in [0.2, 0.25) is 0 Å². The first kappa shape index (κ1) is 16.3. The third kappa shape index (κ3) is 5.84. The van der Waals surface area contributed by atoms with Gasteiger partial charge in [-0.25, -0.2) is 4.79 Å². The van der Waals surface area contributed by atoms with Crippen LogP contribution in [0.4, 0.5) is 4.79 Å². The summed E-state index contributed by atoms with van der Waals surface area (Å²) < 4.78 is 5.56. The van der Waals surface area contributed by atoms with Crippen LogP contribution in [-0.4, -0.2) is 29.2 Å². The fraction of sp³-hybridized carbons (Fsp3) is 0.938. The van der Waals surface area contributed by atoms with E-state index < -0.39 is 5.60 Å². The van der Waals surface area contributed by atoms with Crippen molar-refractivity contribution in [1.82, 2.24) is 4.90 Å². The number of carbonyl (C=O) groups is 1. The maximum absolute atomic E-state index is 12.3. The Labute approximate surface area is 118 Å². The van der Waals surface area contributed by atoms with E-state index in [2.05, 4.69) is 13.8 Å². The summed E-state index contributed by atoms with van der Waals surface area (Å²) in [4.78, 5) is 14.3. The smallest absolute Gasteiger partial charge is 0.410 e. The predicted octanol–water partition coefficient (Wildman–Crippen LogP) is 4.60. The molecular weight excluding hydrogens is 238 g/mol.